The number of esters is 1. The van der Waals surface area contributed by atoms with Crippen molar-refractivity contribution in [2.75, 3.05) is 6.61 Å². The van der Waals surface area contributed by atoms with Crippen LogP contribution in [0.5, 0.6) is 0 Å². The van der Waals surface area contributed by atoms with Gasteiger partial charge in [-0.3, -0.25) is 0 Å². The zero-order valence-corrected chi connectivity index (χ0v) is 14.3. The van der Waals surface area contributed by atoms with E-state index in [0.29, 0.717) is 11.0 Å². The molecule has 0 aromatic carbocycles. The fourth-order valence-electron chi connectivity index (χ4n) is 5.29. The summed E-state index contributed by atoms with van der Waals surface area (Å²) in [6.07, 6.45) is 7.83. The van der Waals surface area contributed by atoms with Crippen molar-refractivity contribution in [2.45, 2.75) is 65.6 Å². The van der Waals surface area contributed by atoms with Gasteiger partial charge in [-0.25, -0.2) is 4.79 Å². The van der Waals surface area contributed by atoms with Gasteiger partial charge in [-0.05, 0) is 68.6 Å². The van der Waals surface area contributed by atoms with Crippen molar-refractivity contribution in [3.8, 4) is 0 Å². The number of rotatable bonds is 6. The van der Waals surface area contributed by atoms with Crippen molar-refractivity contribution < 1.29 is 14.3 Å². The highest BCUT2D eigenvalue weighted by Crippen LogP contribution is 2.60. The van der Waals surface area contributed by atoms with Crippen LogP contribution in [0.4, 0.5) is 0 Å². The van der Waals surface area contributed by atoms with E-state index in [4.69, 9.17) is 9.47 Å². The summed E-state index contributed by atoms with van der Waals surface area (Å²) >= 11 is 0. The number of carbonyl (C=O) groups excluding carboxylic acids is 1. The molecule has 0 spiro atoms. The van der Waals surface area contributed by atoms with E-state index in [1.54, 1.807) is 6.92 Å². The highest BCUT2D eigenvalue weighted by atomic mass is 16.7. The molecule has 1 atom stereocenters. The number of carbonyl (C=O) groups is 1. The first-order valence-electron chi connectivity index (χ1n) is 8.85. The summed E-state index contributed by atoms with van der Waals surface area (Å²) in [5.41, 5.74) is 0.793. The number of ether oxygens (including phenoxy) is 2. The Hall–Kier alpha value is -0.830. The lowest BCUT2D eigenvalue weighted by atomic mass is 9.50. The lowest BCUT2D eigenvalue weighted by molar-refractivity contribution is -0.204. The van der Waals surface area contributed by atoms with Gasteiger partial charge in [0.25, 0.3) is 0 Å². The molecule has 4 saturated carbocycles. The summed E-state index contributed by atoms with van der Waals surface area (Å²) in [4.78, 5) is 11.8. The standard InChI is InChI=1S/C19H30O3/c1-12(2)17(20)22-18(13(3)4)21-11-19-8-14-5-15(9-19)7-16(6-14)10-19/h13-16,18H,1,5-11H2,2-4H3. The minimum Gasteiger partial charge on any atom is -0.432 e. The van der Waals surface area contributed by atoms with Gasteiger partial charge in [-0.15, -0.1) is 0 Å². The second-order valence-corrected chi connectivity index (χ2v) is 8.53. The third-order valence-corrected chi connectivity index (χ3v) is 5.83. The van der Waals surface area contributed by atoms with Crippen molar-refractivity contribution >= 4 is 5.97 Å². The molecule has 4 fully saturated rings. The Labute approximate surface area is 134 Å². The molecule has 4 rings (SSSR count). The van der Waals surface area contributed by atoms with Gasteiger partial charge < -0.3 is 9.47 Å². The Kier molecular flexibility index (Phi) is 4.37. The molecule has 3 heteroatoms. The predicted molar refractivity (Wildman–Crippen MR) is 86.1 cm³/mol. The molecule has 0 aliphatic heterocycles. The van der Waals surface area contributed by atoms with E-state index in [0.717, 1.165) is 24.4 Å². The van der Waals surface area contributed by atoms with Crippen LogP contribution < -0.4 is 0 Å². The molecular weight excluding hydrogens is 276 g/mol. The fraction of sp³-hybridized carbons (Fsp3) is 0.842. The molecule has 3 nitrogen and oxygen atoms in total. The zero-order valence-electron chi connectivity index (χ0n) is 14.3. The van der Waals surface area contributed by atoms with E-state index in [9.17, 15) is 4.79 Å². The summed E-state index contributed by atoms with van der Waals surface area (Å²) < 4.78 is 11.6. The van der Waals surface area contributed by atoms with Crippen molar-refractivity contribution in [3.63, 3.8) is 0 Å². The molecule has 4 bridgehead atoms. The topological polar surface area (TPSA) is 35.5 Å². The first kappa shape index (κ1) is 16.0. The predicted octanol–water partition coefficient (Wildman–Crippen LogP) is 4.32. The van der Waals surface area contributed by atoms with Gasteiger partial charge in [0.15, 0.2) is 0 Å². The average Bonchev–Trinajstić information content (AvgIpc) is 2.41. The second kappa shape index (κ2) is 5.99. The van der Waals surface area contributed by atoms with Crippen molar-refractivity contribution in [2.24, 2.45) is 29.1 Å². The highest BCUT2D eigenvalue weighted by Gasteiger charge is 2.51. The largest absolute Gasteiger partial charge is 0.432 e. The number of hydrogen-bond donors (Lipinski definition) is 0. The molecule has 0 aromatic heterocycles. The molecule has 0 N–H and O–H groups in total. The van der Waals surface area contributed by atoms with Crippen LogP contribution in [0.3, 0.4) is 0 Å². The average molecular weight is 306 g/mol. The molecule has 124 valence electrons. The van der Waals surface area contributed by atoms with Gasteiger partial charge in [-0.2, -0.15) is 0 Å². The van der Waals surface area contributed by atoms with Crippen molar-refractivity contribution in [1.29, 1.82) is 0 Å². The summed E-state index contributed by atoms with van der Waals surface area (Å²) in [5.74, 6) is 2.59. The molecule has 0 radical (unpaired) electrons. The molecule has 1 unspecified atom stereocenters. The molecule has 0 amide bonds. The van der Waals surface area contributed by atoms with E-state index >= 15 is 0 Å². The van der Waals surface area contributed by atoms with Crippen LogP contribution in [-0.2, 0) is 14.3 Å². The Morgan fingerprint density at radius 1 is 1.14 bits per heavy atom. The molecule has 4 aliphatic rings. The first-order valence-corrected chi connectivity index (χ1v) is 8.85. The maximum Gasteiger partial charge on any atom is 0.335 e. The fourth-order valence-corrected chi connectivity index (χ4v) is 5.29. The van der Waals surface area contributed by atoms with E-state index in [2.05, 4.69) is 6.58 Å². The summed E-state index contributed by atoms with van der Waals surface area (Å²) in [6.45, 7) is 10.2. The Bertz CT molecular complexity index is 416. The Balaban J connectivity index is 1.60. The lowest BCUT2D eigenvalue weighted by Gasteiger charge is -2.56. The van der Waals surface area contributed by atoms with Crippen LogP contribution in [0.2, 0.25) is 0 Å². The van der Waals surface area contributed by atoms with Crippen LogP contribution in [0, 0.1) is 29.1 Å². The van der Waals surface area contributed by atoms with Crippen LogP contribution in [0.25, 0.3) is 0 Å². The smallest absolute Gasteiger partial charge is 0.335 e. The van der Waals surface area contributed by atoms with E-state index in [1.807, 2.05) is 13.8 Å². The van der Waals surface area contributed by atoms with Gasteiger partial charge in [-0.1, -0.05) is 20.4 Å². The molecule has 22 heavy (non-hydrogen) atoms. The van der Waals surface area contributed by atoms with Crippen molar-refractivity contribution in [3.05, 3.63) is 12.2 Å². The second-order valence-electron chi connectivity index (χ2n) is 8.53. The molecule has 0 saturated heterocycles. The van der Waals surface area contributed by atoms with E-state index in [1.165, 1.54) is 38.5 Å². The molecular formula is C19H30O3. The third kappa shape index (κ3) is 3.24. The molecule has 4 aliphatic carbocycles. The lowest BCUT2D eigenvalue weighted by Crippen LogP contribution is -2.49. The number of hydrogen-bond acceptors (Lipinski definition) is 3. The minimum absolute atomic E-state index is 0.164. The van der Waals surface area contributed by atoms with Crippen LogP contribution in [0.15, 0.2) is 12.2 Å². The maximum absolute atomic E-state index is 11.8. The molecule has 0 heterocycles. The van der Waals surface area contributed by atoms with E-state index in [-0.39, 0.29) is 11.9 Å². The quantitative estimate of drug-likeness (QED) is 0.416. The Morgan fingerprint density at radius 2 is 1.64 bits per heavy atom. The van der Waals surface area contributed by atoms with Crippen LogP contribution in [-0.4, -0.2) is 18.9 Å². The van der Waals surface area contributed by atoms with Crippen molar-refractivity contribution in [1.82, 2.24) is 0 Å². The summed E-state index contributed by atoms with van der Waals surface area (Å²) in [7, 11) is 0. The van der Waals surface area contributed by atoms with Crippen LogP contribution >= 0.6 is 0 Å². The van der Waals surface area contributed by atoms with Crippen LogP contribution in [0.1, 0.15) is 59.3 Å². The Morgan fingerprint density at radius 3 is 2.05 bits per heavy atom. The third-order valence-electron chi connectivity index (χ3n) is 5.83. The maximum atomic E-state index is 11.8. The normalized spacial score (nSPS) is 37.4. The van der Waals surface area contributed by atoms with Gasteiger partial charge in [0.05, 0.1) is 6.61 Å². The minimum atomic E-state index is -0.447. The van der Waals surface area contributed by atoms with Gasteiger partial charge in [0, 0.05) is 11.5 Å². The SMILES string of the molecule is C=C(C)C(=O)OC(OCC12CC3CC(CC(C3)C1)C2)C(C)C. The van der Waals surface area contributed by atoms with E-state index < -0.39 is 6.29 Å². The molecule has 0 aromatic rings. The monoisotopic (exact) mass is 306 g/mol. The van der Waals surface area contributed by atoms with Gasteiger partial charge in [0.1, 0.15) is 0 Å². The highest BCUT2D eigenvalue weighted by molar-refractivity contribution is 5.87. The summed E-state index contributed by atoms with van der Waals surface area (Å²) in [5, 5.41) is 0. The summed E-state index contributed by atoms with van der Waals surface area (Å²) in [6, 6.07) is 0. The zero-order chi connectivity index (χ0) is 15.9. The van der Waals surface area contributed by atoms with Gasteiger partial charge in [0.2, 0.25) is 6.29 Å². The first-order chi connectivity index (χ1) is 10.4. The van der Waals surface area contributed by atoms with Gasteiger partial charge >= 0.3 is 5.97 Å².